The lowest BCUT2D eigenvalue weighted by Gasteiger charge is -2.35. The molecule has 0 saturated carbocycles. The summed E-state index contributed by atoms with van der Waals surface area (Å²) < 4.78 is 0. The van der Waals surface area contributed by atoms with E-state index in [1.165, 1.54) is 49.7 Å². The Morgan fingerprint density at radius 3 is 2.06 bits per heavy atom. The molecule has 0 amide bonds. The second-order valence-corrected chi connectivity index (χ2v) is 9.86. The van der Waals surface area contributed by atoms with Gasteiger partial charge < -0.3 is 0 Å². The molecule has 1 aromatic heterocycles. The highest BCUT2D eigenvalue weighted by molar-refractivity contribution is 6.09. The van der Waals surface area contributed by atoms with Crippen molar-refractivity contribution in [3.05, 3.63) is 94.1 Å². The minimum Gasteiger partial charge on any atom is -0.229 e. The van der Waals surface area contributed by atoms with E-state index in [1.54, 1.807) is 12.4 Å². The third-order valence-electron chi connectivity index (χ3n) is 7.34. The predicted octanol–water partition coefficient (Wildman–Crippen LogP) is 6.28. The Kier molecular flexibility index (Phi) is 3.45. The molecule has 6 rings (SSSR count). The summed E-state index contributed by atoms with van der Waals surface area (Å²) in [5, 5.41) is 2.82. The van der Waals surface area contributed by atoms with Crippen molar-refractivity contribution >= 4 is 10.8 Å². The molecule has 0 bridgehead atoms. The average molecular weight is 401 g/mol. The molecule has 3 aromatic carbocycles. The topological polar surface area (TPSA) is 25.8 Å². The van der Waals surface area contributed by atoms with Crippen LogP contribution in [-0.2, 0) is 10.8 Å². The van der Waals surface area contributed by atoms with Crippen LogP contribution in [-0.4, -0.2) is 9.97 Å². The molecule has 0 saturated heterocycles. The van der Waals surface area contributed by atoms with Crippen LogP contribution in [0.5, 0.6) is 0 Å². The quantitative estimate of drug-likeness (QED) is 0.325. The minimum atomic E-state index is -0.0942. The van der Waals surface area contributed by atoms with Crippen molar-refractivity contribution in [3.63, 3.8) is 0 Å². The molecule has 150 valence electrons. The fraction of sp³-hybridized carbons (Fsp3) is 0.241. The third kappa shape index (κ3) is 2.29. The van der Waals surface area contributed by atoms with E-state index in [0.717, 1.165) is 5.56 Å². The molecule has 1 heterocycles. The Balaban J connectivity index is 1.71. The number of rotatable bonds is 0. The minimum absolute atomic E-state index is 0.0627. The second-order valence-electron chi connectivity index (χ2n) is 9.86. The summed E-state index contributed by atoms with van der Waals surface area (Å²) in [5.74, 6) is 7.06. The van der Waals surface area contributed by atoms with Gasteiger partial charge in [0.05, 0.1) is 0 Å². The summed E-state index contributed by atoms with van der Waals surface area (Å²) in [4.78, 5) is 8.52. The molecular formula is C29H24N2. The number of aryl methyl sites for hydroxylation is 1. The fourth-order valence-corrected chi connectivity index (χ4v) is 5.68. The van der Waals surface area contributed by atoms with E-state index in [-0.39, 0.29) is 10.8 Å². The van der Waals surface area contributed by atoms with Gasteiger partial charge in [-0.05, 0) is 80.8 Å². The van der Waals surface area contributed by atoms with Crippen molar-refractivity contribution in [2.24, 2.45) is 0 Å². The largest absolute Gasteiger partial charge is 0.229 e. The number of nitrogens with zero attached hydrogens (tertiary/aromatic N) is 2. The van der Waals surface area contributed by atoms with Crippen LogP contribution < -0.4 is 0 Å². The lowest BCUT2D eigenvalue weighted by atomic mass is 9.68. The molecule has 0 radical (unpaired) electrons. The maximum absolute atomic E-state index is 4.26. The summed E-state index contributed by atoms with van der Waals surface area (Å²) in [7, 11) is 0. The van der Waals surface area contributed by atoms with E-state index in [2.05, 4.69) is 92.8 Å². The predicted molar refractivity (Wildman–Crippen MR) is 126 cm³/mol. The van der Waals surface area contributed by atoms with E-state index in [1.807, 2.05) is 6.07 Å². The maximum Gasteiger partial charge on any atom is 0.205 e. The van der Waals surface area contributed by atoms with Gasteiger partial charge >= 0.3 is 0 Å². The van der Waals surface area contributed by atoms with E-state index in [4.69, 9.17) is 0 Å². The molecule has 4 aromatic rings. The van der Waals surface area contributed by atoms with Gasteiger partial charge in [0.1, 0.15) is 0 Å². The number of hydrogen-bond acceptors (Lipinski definition) is 2. The Morgan fingerprint density at radius 2 is 1.35 bits per heavy atom. The SMILES string of the molecule is Cc1cc2c3c4c(cccc14)C(C)(C)c1cc(C#Cc4ncccn4)cc(c1-3)C2(C)C. The highest BCUT2D eigenvalue weighted by Crippen LogP contribution is 2.59. The van der Waals surface area contributed by atoms with Crippen molar-refractivity contribution < 1.29 is 0 Å². The lowest BCUT2D eigenvalue weighted by Crippen LogP contribution is -2.24. The molecular weight excluding hydrogens is 376 g/mol. The molecule has 2 heteroatoms. The molecule has 2 aliphatic rings. The average Bonchev–Trinajstić information content (AvgIpc) is 2.98. The Labute approximate surface area is 183 Å². The first kappa shape index (κ1) is 18.3. The highest BCUT2D eigenvalue weighted by Gasteiger charge is 2.45. The molecule has 0 N–H and O–H groups in total. The van der Waals surface area contributed by atoms with Crippen LogP contribution in [0.15, 0.2) is 54.9 Å². The standard InChI is InChI=1S/C29H24N2/c1-17-14-21-27-25-19(17)8-6-9-20(25)28(2,3)22-15-18(10-11-24-30-12-7-13-31-24)16-23(26(22)27)29(21,4)5/h6-9,12-16H,1-5H3. The Hall–Kier alpha value is -3.44. The second kappa shape index (κ2) is 5.83. The van der Waals surface area contributed by atoms with E-state index in [0.29, 0.717) is 5.82 Å². The zero-order chi connectivity index (χ0) is 21.5. The van der Waals surface area contributed by atoms with Crippen molar-refractivity contribution in [2.45, 2.75) is 45.4 Å². The van der Waals surface area contributed by atoms with Gasteiger partial charge in [0.2, 0.25) is 5.82 Å². The lowest BCUT2D eigenvalue weighted by molar-refractivity contribution is 0.639. The van der Waals surface area contributed by atoms with Crippen molar-refractivity contribution in [1.82, 2.24) is 9.97 Å². The molecule has 2 aliphatic carbocycles. The smallest absolute Gasteiger partial charge is 0.205 e. The molecule has 0 aliphatic heterocycles. The maximum atomic E-state index is 4.26. The Morgan fingerprint density at radius 1 is 0.710 bits per heavy atom. The van der Waals surface area contributed by atoms with Crippen LogP contribution in [0, 0.1) is 18.8 Å². The molecule has 0 fully saturated rings. The zero-order valence-corrected chi connectivity index (χ0v) is 18.6. The van der Waals surface area contributed by atoms with Crippen LogP contribution >= 0.6 is 0 Å². The van der Waals surface area contributed by atoms with Crippen LogP contribution in [0.3, 0.4) is 0 Å². The normalized spacial score (nSPS) is 16.2. The number of benzene rings is 3. The number of aromatic nitrogens is 2. The van der Waals surface area contributed by atoms with Gasteiger partial charge in [-0.2, -0.15) is 0 Å². The molecule has 2 nitrogen and oxygen atoms in total. The third-order valence-corrected chi connectivity index (χ3v) is 7.34. The van der Waals surface area contributed by atoms with Gasteiger partial charge in [-0.15, -0.1) is 0 Å². The summed E-state index contributed by atoms with van der Waals surface area (Å²) in [5.41, 5.74) is 10.7. The molecule has 0 atom stereocenters. The van der Waals surface area contributed by atoms with Crippen molar-refractivity contribution in [1.29, 1.82) is 0 Å². The summed E-state index contributed by atoms with van der Waals surface area (Å²) in [6, 6.07) is 15.6. The fourth-order valence-electron chi connectivity index (χ4n) is 5.68. The van der Waals surface area contributed by atoms with Crippen LogP contribution in [0.2, 0.25) is 0 Å². The van der Waals surface area contributed by atoms with Crippen LogP contribution in [0.25, 0.3) is 21.9 Å². The van der Waals surface area contributed by atoms with Crippen LogP contribution in [0.1, 0.15) is 66.9 Å². The molecule has 0 spiro atoms. The van der Waals surface area contributed by atoms with Gasteiger partial charge in [-0.1, -0.05) is 57.9 Å². The van der Waals surface area contributed by atoms with Crippen molar-refractivity contribution in [3.8, 4) is 23.0 Å². The van der Waals surface area contributed by atoms with Gasteiger partial charge in [0.25, 0.3) is 0 Å². The monoisotopic (exact) mass is 400 g/mol. The van der Waals surface area contributed by atoms with E-state index >= 15 is 0 Å². The van der Waals surface area contributed by atoms with E-state index in [9.17, 15) is 0 Å². The van der Waals surface area contributed by atoms with Gasteiger partial charge in [0, 0.05) is 28.8 Å². The molecule has 31 heavy (non-hydrogen) atoms. The summed E-state index contributed by atoms with van der Waals surface area (Å²) in [6.07, 6.45) is 3.47. The number of hydrogen-bond donors (Lipinski definition) is 0. The van der Waals surface area contributed by atoms with Gasteiger partial charge in [0.15, 0.2) is 0 Å². The van der Waals surface area contributed by atoms with Gasteiger partial charge in [-0.25, -0.2) is 9.97 Å². The first-order chi connectivity index (χ1) is 14.8. The Bertz CT molecular complexity index is 1480. The zero-order valence-electron chi connectivity index (χ0n) is 18.6. The summed E-state index contributed by atoms with van der Waals surface area (Å²) in [6.45, 7) is 11.7. The first-order valence-electron chi connectivity index (χ1n) is 10.9. The molecule has 0 unspecified atom stereocenters. The highest BCUT2D eigenvalue weighted by atomic mass is 14.8. The van der Waals surface area contributed by atoms with Crippen molar-refractivity contribution in [2.75, 3.05) is 0 Å². The first-order valence-corrected chi connectivity index (χ1v) is 10.9. The van der Waals surface area contributed by atoms with Crippen LogP contribution in [0.4, 0.5) is 0 Å². The van der Waals surface area contributed by atoms with E-state index < -0.39 is 0 Å². The summed E-state index contributed by atoms with van der Waals surface area (Å²) >= 11 is 0. The van der Waals surface area contributed by atoms with Gasteiger partial charge in [-0.3, -0.25) is 0 Å².